The van der Waals surface area contributed by atoms with E-state index < -0.39 is 0 Å². The van der Waals surface area contributed by atoms with Gasteiger partial charge in [-0.15, -0.1) is 0 Å². The second kappa shape index (κ2) is 9.54. The first-order chi connectivity index (χ1) is 13.2. The molecule has 2 fully saturated rings. The number of rotatable bonds is 7. The van der Waals surface area contributed by atoms with Crippen molar-refractivity contribution in [3.05, 3.63) is 10.7 Å². The predicted octanol–water partition coefficient (Wildman–Crippen LogP) is 1.43. The van der Waals surface area contributed by atoms with E-state index in [9.17, 15) is 0 Å². The molecule has 1 N–H and O–H groups in total. The summed E-state index contributed by atoms with van der Waals surface area (Å²) in [6.45, 7) is 8.87. The van der Waals surface area contributed by atoms with Gasteiger partial charge in [0.2, 0.25) is 11.8 Å². The van der Waals surface area contributed by atoms with Crippen molar-refractivity contribution in [2.45, 2.75) is 25.8 Å². The molecule has 150 valence electrons. The number of hydrogen-bond acceptors (Lipinski definition) is 6. The van der Waals surface area contributed by atoms with Crippen molar-refractivity contribution >= 4 is 27.8 Å². The summed E-state index contributed by atoms with van der Waals surface area (Å²) < 4.78 is 6.05. The first kappa shape index (κ1) is 20.1. The molecule has 8 nitrogen and oxygen atoms in total. The van der Waals surface area contributed by atoms with Crippen molar-refractivity contribution in [1.82, 2.24) is 25.1 Å². The van der Waals surface area contributed by atoms with Gasteiger partial charge in [-0.25, -0.2) is 4.98 Å². The Labute approximate surface area is 170 Å². The lowest BCUT2D eigenvalue weighted by molar-refractivity contribution is 0.279. The molecule has 0 spiro atoms. The Hall–Kier alpha value is -1.61. The quantitative estimate of drug-likeness (QED) is 0.508. The molecule has 1 aliphatic carbocycles. The molecule has 1 saturated carbocycles. The maximum Gasteiger partial charge on any atom is 0.232 e. The maximum atomic E-state index is 5.28. The smallest absolute Gasteiger partial charge is 0.232 e. The number of ether oxygens (including phenoxy) is 1. The molecule has 3 rings (SSSR count). The summed E-state index contributed by atoms with van der Waals surface area (Å²) in [5, 5.41) is 3.53. The summed E-state index contributed by atoms with van der Waals surface area (Å²) in [7, 11) is 3.48. The average molecular weight is 440 g/mol. The lowest BCUT2D eigenvalue weighted by Crippen LogP contribution is -2.53. The van der Waals surface area contributed by atoms with Crippen LogP contribution >= 0.6 is 15.9 Å². The molecule has 9 heteroatoms. The number of likely N-dealkylation sites (N-methyl/N-ethyl adjacent to an activating group) is 1. The third kappa shape index (κ3) is 5.22. The van der Waals surface area contributed by atoms with Gasteiger partial charge in [-0.05, 0) is 35.3 Å². The van der Waals surface area contributed by atoms with Gasteiger partial charge in [0.15, 0.2) is 5.96 Å². The molecule has 0 atom stereocenters. The van der Waals surface area contributed by atoms with E-state index in [0.29, 0.717) is 11.8 Å². The SMILES string of the molecule is CCN(CCNC(=NC)N1CCN(c2ncc(Br)c(OC)n2)CC1)C1CC1. The zero-order valence-corrected chi connectivity index (χ0v) is 18.1. The standard InChI is InChI=1S/C18H30BrN7O/c1-4-24(14-5-6-14)8-7-21-17(20-2)25-9-11-26(12-10-25)18-22-13-15(19)16(23-18)27-3/h13-14H,4-12H2,1-3H3,(H,20,21). The Morgan fingerprint density at radius 3 is 2.70 bits per heavy atom. The normalized spacial score (nSPS) is 18.2. The summed E-state index contributed by atoms with van der Waals surface area (Å²) in [5.41, 5.74) is 0. The number of hydrogen-bond donors (Lipinski definition) is 1. The van der Waals surface area contributed by atoms with Gasteiger partial charge in [0.1, 0.15) is 0 Å². The van der Waals surface area contributed by atoms with Crippen molar-refractivity contribution in [1.29, 1.82) is 0 Å². The fourth-order valence-corrected chi connectivity index (χ4v) is 3.79. The second-order valence-electron chi connectivity index (χ2n) is 6.84. The van der Waals surface area contributed by atoms with Crippen molar-refractivity contribution in [2.75, 3.05) is 64.9 Å². The number of aromatic nitrogens is 2. The van der Waals surface area contributed by atoms with Crippen LogP contribution in [0.15, 0.2) is 15.7 Å². The fraction of sp³-hybridized carbons (Fsp3) is 0.722. The van der Waals surface area contributed by atoms with E-state index in [1.54, 1.807) is 13.3 Å². The van der Waals surface area contributed by atoms with Crippen LogP contribution in [-0.2, 0) is 0 Å². The van der Waals surface area contributed by atoms with Crippen LogP contribution in [0.2, 0.25) is 0 Å². The van der Waals surface area contributed by atoms with E-state index in [0.717, 1.165) is 62.3 Å². The molecule has 0 unspecified atom stereocenters. The molecule has 1 aliphatic heterocycles. The lowest BCUT2D eigenvalue weighted by Gasteiger charge is -2.36. The van der Waals surface area contributed by atoms with Crippen LogP contribution in [-0.4, -0.2) is 91.7 Å². The van der Waals surface area contributed by atoms with Gasteiger partial charge in [0.05, 0.1) is 17.8 Å². The number of aliphatic imine (C=N–C) groups is 1. The van der Waals surface area contributed by atoms with Crippen molar-refractivity contribution in [3.8, 4) is 5.88 Å². The zero-order valence-electron chi connectivity index (χ0n) is 16.5. The molecule has 0 radical (unpaired) electrons. The molecule has 1 saturated heterocycles. The first-order valence-corrected chi connectivity index (χ1v) is 10.5. The van der Waals surface area contributed by atoms with Crippen LogP contribution in [0.5, 0.6) is 5.88 Å². The zero-order chi connectivity index (χ0) is 19.2. The van der Waals surface area contributed by atoms with Crippen LogP contribution < -0.4 is 15.0 Å². The highest BCUT2D eigenvalue weighted by atomic mass is 79.9. The Bertz CT molecular complexity index is 645. The highest BCUT2D eigenvalue weighted by Gasteiger charge is 2.27. The first-order valence-electron chi connectivity index (χ1n) is 9.67. The molecule has 0 aromatic carbocycles. The molecule has 0 bridgehead atoms. The summed E-state index contributed by atoms with van der Waals surface area (Å²) in [6, 6.07) is 0.810. The highest BCUT2D eigenvalue weighted by molar-refractivity contribution is 9.10. The number of anilines is 1. The second-order valence-corrected chi connectivity index (χ2v) is 7.69. The third-order valence-corrected chi connectivity index (χ3v) is 5.66. The van der Waals surface area contributed by atoms with Gasteiger partial charge in [0.25, 0.3) is 0 Å². The van der Waals surface area contributed by atoms with Gasteiger partial charge >= 0.3 is 0 Å². The summed E-state index contributed by atoms with van der Waals surface area (Å²) in [4.78, 5) is 20.4. The average Bonchev–Trinajstić information content (AvgIpc) is 3.54. The Morgan fingerprint density at radius 1 is 1.37 bits per heavy atom. The maximum absolute atomic E-state index is 5.28. The van der Waals surface area contributed by atoms with E-state index in [-0.39, 0.29) is 0 Å². The topological polar surface area (TPSA) is 69.1 Å². The lowest BCUT2D eigenvalue weighted by atomic mass is 10.3. The van der Waals surface area contributed by atoms with Gasteiger partial charge in [-0.3, -0.25) is 9.89 Å². The Morgan fingerprint density at radius 2 is 2.11 bits per heavy atom. The molecule has 2 heterocycles. The van der Waals surface area contributed by atoms with Gasteiger partial charge in [0, 0.05) is 52.4 Å². The summed E-state index contributed by atoms with van der Waals surface area (Å²) in [5.74, 6) is 2.26. The largest absolute Gasteiger partial charge is 0.480 e. The minimum absolute atomic E-state index is 0.566. The minimum Gasteiger partial charge on any atom is -0.480 e. The molecule has 1 aromatic rings. The number of methoxy groups -OCH3 is 1. The van der Waals surface area contributed by atoms with E-state index in [1.165, 1.54) is 12.8 Å². The van der Waals surface area contributed by atoms with Crippen LogP contribution in [0.1, 0.15) is 19.8 Å². The Kier molecular flexibility index (Phi) is 7.12. The molecular weight excluding hydrogens is 410 g/mol. The van der Waals surface area contributed by atoms with Crippen molar-refractivity contribution in [2.24, 2.45) is 4.99 Å². The highest BCUT2D eigenvalue weighted by Crippen LogP contribution is 2.26. The Balaban J connectivity index is 1.48. The molecule has 0 amide bonds. The molecule has 27 heavy (non-hydrogen) atoms. The number of nitrogens with one attached hydrogen (secondary N) is 1. The number of guanidine groups is 1. The summed E-state index contributed by atoms with van der Waals surface area (Å²) in [6.07, 6.45) is 4.45. The van der Waals surface area contributed by atoms with Gasteiger partial charge in [-0.2, -0.15) is 4.98 Å². The van der Waals surface area contributed by atoms with E-state index >= 15 is 0 Å². The third-order valence-electron chi connectivity index (χ3n) is 5.12. The van der Waals surface area contributed by atoms with Gasteiger partial charge in [-0.1, -0.05) is 6.92 Å². The monoisotopic (exact) mass is 439 g/mol. The van der Waals surface area contributed by atoms with Crippen molar-refractivity contribution in [3.63, 3.8) is 0 Å². The fourth-order valence-electron chi connectivity index (χ4n) is 3.44. The molecule has 1 aromatic heterocycles. The number of piperazine rings is 1. The summed E-state index contributed by atoms with van der Waals surface area (Å²) >= 11 is 3.40. The number of halogens is 1. The minimum atomic E-state index is 0.566. The van der Waals surface area contributed by atoms with Crippen LogP contribution in [0, 0.1) is 0 Å². The van der Waals surface area contributed by atoms with E-state index in [4.69, 9.17) is 4.74 Å². The molecular formula is C18H30BrN7O. The van der Waals surface area contributed by atoms with Crippen LogP contribution in [0.3, 0.4) is 0 Å². The van der Waals surface area contributed by atoms with Gasteiger partial charge < -0.3 is 19.9 Å². The van der Waals surface area contributed by atoms with Crippen LogP contribution in [0.25, 0.3) is 0 Å². The molecule has 2 aliphatic rings. The van der Waals surface area contributed by atoms with Crippen molar-refractivity contribution < 1.29 is 4.74 Å². The van der Waals surface area contributed by atoms with Crippen LogP contribution in [0.4, 0.5) is 5.95 Å². The predicted molar refractivity (Wildman–Crippen MR) is 112 cm³/mol. The van der Waals surface area contributed by atoms with E-state index in [2.05, 4.69) is 57.8 Å². The number of nitrogens with zero attached hydrogens (tertiary/aromatic N) is 6. The van der Waals surface area contributed by atoms with E-state index in [1.807, 2.05) is 7.05 Å².